The summed E-state index contributed by atoms with van der Waals surface area (Å²) in [5.41, 5.74) is 3.97. The zero-order valence-corrected chi connectivity index (χ0v) is 22.9. The molecule has 0 radical (unpaired) electrons. The van der Waals surface area contributed by atoms with Crippen LogP contribution in [0, 0.1) is 6.92 Å². The topological polar surface area (TPSA) is 134 Å². The summed E-state index contributed by atoms with van der Waals surface area (Å²) >= 11 is 0. The summed E-state index contributed by atoms with van der Waals surface area (Å²) in [7, 11) is 0. The highest BCUT2D eigenvalue weighted by Gasteiger charge is 2.44. The van der Waals surface area contributed by atoms with E-state index in [0.717, 1.165) is 22.9 Å². The van der Waals surface area contributed by atoms with Crippen molar-refractivity contribution in [3.05, 3.63) is 101 Å². The molecule has 1 saturated heterocycles. The number of aliphatic hydroxyl groups is 5. The molecule has 5 N–H and O–H groups in total. The van der Waals surface area contributed by atoms with Crippen molar-refractivity contribution in [3.63, 3.8) is 0 Å². The van der Waals surface area contributed by atoms with Gasteiger partial charge in [-0.3, -0.25) is 0 Å². The van der Waals surface area contributed by atoms with Crippen LogP contribution in [0.15, 0.2) is 79.0 Å². The number of aliphatic hydroxyl groups excluding tert-OH is 5. The molecule has 5 rings (SSSR count). The van der Waals surface area contributed by atoms with Crippen molar-refractivity contribution >= 4 is 10.9 Å². The van der Waals surface area contributed by atoms with Crippen molar-refractivity contribution in [1.29, 1.82) is 0 Å². The number of ether oxygens (including phenoxy) is 3. The highest BCUT2D eigenvalue weighted by Crippen LogP contribution is 2.38. The Kier molecular flexibility index (Phi) is 9.36. The van der Waals surface area contributed by atoms with Crippen LogP contribution in [0.3, 0.4) is 0 Å². The van der Waals surface area contributed by atoms with Gasteiger partial charge in [0.2, 0.25) is 0 Å². The predicted octanol–water partition coefficient (Wildman–Crippen LogP) is 2.99. The molecular weight excluding hydrogens is 526 g/mol. The fraction of sp³-hybridized carbons (Fsp3) is 0.375. The molecular formula is C32H37NO8. The fourth-order valence-corrected chi connectivity index (χ4v) is 5.30. The van der Waals surface area contributed by atoms with E-state index in [0.29, 0.717) is 42.2 Å². The number of nitrogens with zero attached hydrogens (tertiary/aromatic N) is 1. The third kappa shape index (κ3) is 6.32. The summed E-state index contributed by atoms with van der Waals surface area (Å²) in [5, 5.41) is 53.2. The highest BCUT2D eigenvalue weighted by atomic mass is 16.6. The quantitative estimate of drug-likeness (QED) is 0.176. The normalized spacial score (nSPS) is 23.5. The molecule has 0 spiro atoms. The molecule has 0 bridgehead atoms. The van der Waals surface area contributed by atoms with E-state index in [-0.39, 0.29) is 0 Å². The van der Waals surface area contributed by atoms with Crippen LogP contribution in [0.25, 0.3) is 10.9 Å². The molecule has 41 heavy (non-hydrogen) atoms. The smallest absolute Gasteiger partial charge is 0.163 e. The molecule has 1 aliphatic heterocycles. The van der Waals surface area contributed by atoms with Crippen molar-refractivity contribution in [2.24, 2.45) is 0 Å². The number of fused-ring (bicyclic) bond motifs is 1. The van der Waals surface area contributed by atoms with E-state index in [1.165, 1.54) is 0 Å². The van der Waals surface area contributed by atoms with Gasteiger partial charge in [0.05, 0.1) is 31.9 Å². The summed E-state index contributed by atoms with van der Waals surface area (Å²) in [4.78, 5) is 0. The number of benzene rings is 3. The Morgan fingerprint density at radius 1 is 0.878 bits per heavy atom. The van der Waals surface area contributed by atoms with Gasteiger partial charge in [-0.2, -0.15) is 0 Å². The summed E-state index contributed by atoms with van der Waals surface area (Å²) in [5.74, 6) is 0.684. The molecule has 2 heterocycles. The van der Waals surface area contributed by atoms with Gasteiger partial charge in [-0.1, -0.05) is 54.6 Å². The van der Waals surface area contributed by atoms with Crippen LogP contribution in [0.5, 0.6) is 5.75 Å². The van der Waals surface area contributed by atoms with Gasteiger partial charge in [-0.15, -0.1) is 0 Å². The first-order valence-corrected chi connectivity index (χ1v) is 13.8. The molecule has 3 aromatic carbocycles. The molecule has 0 saturated carbocycles. The average molecular weight is 564 g/mol. The van der Waals surface area contributed by atoms with Gasteiger partial charge >= 0.3 is 0 Å². The van der Waals surface area contributed by atoms with Crippen LogP contribution < -0.4 is 4.74 Å². The van der Waals surface area contributed by atoms with Crippen molar-refractivity contribution in [2.45, 2.75) is 56.7 Å². The Labute approximate surface area is 238 Å². The van der Waals surface area contributed by atoms with Crippen LogP contribution in [-0.2, 0) is 16.1 Å². The van der Waals surface area contributed by atoms with E-state index in [1.54, 1.807) is 22.9 Å². The van der Waals surface area contributed by atoms with Crippen LogP contribution in [0.2, 0.25) is 0 Å². The first-order chi connectivity index (χ1) is 19.9. The van der Waals surface area contributed by atoms with Crippen LogP contribution >= 0.6 is 0 Å². The van der Waals surface area contributed by atoms with E-state index in [4.69, 9.17) is 14.2 Å². The lowest BCUT2D eigenvalue weighted by atomic mass is 9.98. The Bertz CT molecular complexity index is 1400. The molecule has 9 nitrogen and oxygen atoms in total. The van der Waals surface area contributed by atoms with Gasteiger partial charge in [-0.25, -0.2) is 0 Å². The number of aromatic nitrogens is 1. The molecule has 4 aromatic rings. The van der Waals surface area contributed by atoms with Crippen molar-refractivity contribution in [3.8, 4) is 5.75 Å². The van der Waals surface area contributed by atoms with Crippen molar-refractivity contribution in [1.82, 2.24) is 4.57 Å². The lowest BCUT2D eigenvalue weighted by Gasteiger charge is -2.40. The second-order valence-corrected chi connectivity index (χ2v) is 10.4. The maximum atomic E-state index is 11.4. The Morgan fingerprint density at radius 2 is 1.63 bits per heavy atom. The van der Waals surface area contributed by atoms with Gasteiger partial charge < -0.3 is 44.3 Å². The maximum absolute atomic E-state index is 11.4. The molecule has 9 heteroatoms. The van der Waals surface area contributed by atoms with Crippen LogP contribution in [0.1, 0.15) is 41.0 Å². The highest BCUT2D eigenvalue weighted by molar-refractivity contribution is 5.88. The lowest BCUT2D eigenvalue weighted by Crippen LogP contribution is -2.56. The summed E-state index contributed by atoms with van der Waals surface area (Å²) < 4.78 is 19.0. The molecule has 1 aromatic heterocycles. The van der Waals surface area contributed by atoms with Gasteiger partial charge in [0.25, 0.3) is 0 Å². The zero-order valence-electron chi connectivity index (χ0n) is 22.9. The average Bonchev–Trinajstić information content (AvgIpc) is 3.39. The number of hydrogen-bond acceptors (Lipinski definition) is 8. The second-order valence-electron chi connectivity index (χ2n) is 10.4. The standard InChI is InChI=1S/C32H37NO8/c1-20-7-5-10-25-27(20)24(17-33(25)32-31(38)30(37)29(36)26(18-34)41-32)28(35)22-11-13-23(14-12-22)40-16-6-15-39-19-21-8-3-2-4-9-21/h2-5,7-14,17,26,28-32,34-38H,6,15-16,18-19H2,1H3/t26-,28?,29-,30+,31-,32-/m1/s1. The van der Waals surface area contributed by atoms with E-state index in [2.05, 4.69) is 0 Å². The lowest BCUT2D eigenvalue weighted by molar-refractivity contribution is -0.250. The minimum atomic E-state index is -1.51. The largest absolute Gasteiger partial charge is 0.494 e. The van der Waals surface area contributed by atoms with Crippen molar-refractivity contribution in [2.75, 3.05) is 19.8 Å². The van der Waals surface area contributed by atoms with Crippen LogP contribution in [-0.4, -0.2) is 74.3 Å². The Morgan fingerprint density at radius 3 is 2.37 bits per heavy atom. The van der Waals surface area contributed by atoms with Gasteiger partial charge in [0, 0.05) is 23.6 Å². The summed E-state index contributed by atoms with van der Waals surface area (Å²) in [6.45, 7) is 3.06. The number of hydrogen-bond donors (Lipinski definition) is 5. The summed E-state index contributed by atoms with van der Waals surface area (Å²) in [6.07, 6.45) is -5.10. The monoisotopic (exact) mass is 563 g/mol. The molecule has 1 unspecified atom stereocenters. The molecule has 0 aliphatic carbocycles. The summed E-state index contributed by atoms with van der Waals surface area (Å²) in [6, 6.07) is 22.9. The maximum Gasteiger partial charge on any atom is 0.163 e. The van der Waals surface area contributed by atoms with Crippen molar-refractivity contribution < 1.29 is 39.7 Å². The third-order valence-corrected chi connectivity index (χ3v) is 7.54. The minimum Gasteiger partial charge on any atom is -0.494 e. The molecule has 6 atom stereocenters. The Balaban J connectivity index is 1.27. The van der Waals surface area contributed by atoms with E-state index < -0.39 is 43.4 Å². The molecule has 1 fully saturated rings. The first-order valence-electron chi connectivity index (χ1n) is 13.8. The fourth-order valence-electron chi connectivity index (χ4n) is 5.30. The van der Waals surface area contributed by atoms with Crippen LogP contribution in [0.4, 0.5) is 0 Å². The first kappa shape index (κ1) is 29.2. The SMILES string of the molecule is Cc1cccc2c1c(C(O)c1ccc(OCCCOCc3ccccc3)cc1)cn2[C@@H]1O[C@H](CO)[C@@H](O)[C@H](O)[C@H]1O. The van der Waals surface area contributed by atoms with E-state index >= 15 is 0 Å². The second kappa shape index (κ2) is 13.1. The molecule has 0 amide bonds. The third-order valence-electron chi connectivity index (χ3n) is 7.54. The molecule has 218 valence electrons. The van der Waals surface area contributed by atoms with Gasteiger partial charge in [-0.05, 0) is 41.8 Å². The number of rotatable bonds is 11. The molecule has 1 aliphatic rings. The van der Waals surface area contributed by atoms with Gasteiger partial charge in [0.15, 0.2) is 6.23 Å². The minimum absolute atomic E-state index is 0.502. The van der Waals surface area contributed by atoms with E-state index in [9.17, 15) is 25.5 Å². The number of aryl methyl sites for hydroxylation is 1. The van der Waals surface area contributed by atoms with E-state index in [1.807, 2.05) is 67.6 Å². The zero-order chi connectivity index (χ0) is 28.9. The predicted molar refractivity (Wildman–Crippen MR) is 152 cm³/mol. The Hall–Kier alpha value is -3.28. The van der Waals surface area contributed by atoms with Gasteiger partial charge in [0.1, 0.15) is 36.3 Å².